The molecular weight excluding hydrogens is 244 g/mol. The van der Waals surface area contributed by atoms with Crippen LogP contribution in [-0.4, -0.2) is 42.9 Å². The molecule has 16 heavy (non-hydrogen) atoms. The molecule has 4 nitrogen and oxygen atoms in total. The first-order chi connectivity index (χ1) is 7.59. The van der Waals surface area contributed by atoms with E-state index in [-0.39, 0.29) is 0 Å². The summed E-state index contributed by atoms with van der Waals surface area (Å²) in [4.78, 5) is 4.44. The maximum Gasteiger partial charge on any atom is 0.157 e. The molecule has 92 valence electrons. The Morgan fingerprint density at radius 2 is 2.12 bits per heavy atom. The second-order valence-electron chi connectivity index (χ2n) is 4.36. The van der Waals surface area contributed by atoms with Crippen LogP contribution in [0.5, 0.6) is 0 Å². The lowest BCUT2D eigenvalue weighted by Crippen LogP contribution is -2.39. The van der Waals surface area contributed by atoms with Gasteiger partial charge in [0.15, 0.2) is 5.17 Å². The maximum absolute atomic E-state index is 11.3. The number of nitrogens with zero attached hydrogens (tertiary/aromatic N) is 1. The molecule has 0 spiro atoms. The van der Waals surface area contributed by atoms with Gasteiger partial charge < -0.3 is 5.32 Å². The minimum Gasteiger partial charge on any atom is -0.362 e. The zero-order valence-electron chi connectivity index (χ0n) is 9.48. The molecule has 0 aromatic heterocycles. The summed E-state index contributed by atoms with van der Waals surface area (Å²) in [5.74, 6) is 0.639. The van der Waals surface area contributed by atoms with Crippen LogP contribution in [0.2, 0.25) is 0 Å². The van der Waals surface area contributed by atoms with E-state index >= 15 is 0 Å². The average Bonchev–Trinajstić information content (AvgIpc) is 2.69. The van der Waals surface area contributed by atoms with Crippen LogP contribution in [0.1, 0.15) is 26.2 Å². The van der Waals surface area contributed by atoms with Gasteiger partial charge in [0, 0.05) is 11.3 Å². The molecule has 2 aliphatic heterocycles. The number of rotatable bonds is 2. The highest BCUT2D eigenvalue weighted by Gasteiger charge is 2.26. The summed E-state index contributed by atoms with van der Waals surface area (Å²) in [6.07, 6.45) is 2.58. The Morgan fingerprint density at radius 3 is 2.69 bits per heavy atom. The van der Waals surface area contributed by atoms with E-state index in [0.717, 1.165) is 31.0 Å². The largest absolute Gasteiger partial charge is 0.362 e. The van der Waals surface area contributed by atoms with Crippen molar-refractivity contribution >= 4 is 26.8 Å². The lowest BCUT2D eigenvalue weighted by Gasteiger charge is -2.23. The summed E-state index contributed by atoms with van der Waals surface area (Å²) in [5.41, 5.74) is 0. The molecule has 6 heteroatoms. The highest BCUT2D eigenvalue weighted by Crippen LogP contribution is 2.23. The van der Waals surface area contributed by atoms with Crippen molar-refractivity contribution in [3.05, 3.63) is 0 Å². The molecule has 1 N–H and O–H groups in total. The number of hydrogen-bond donors (Lipinski definition) is 1. The van der Waals surface area contributed by atoms with Crippen molar-refractivity contribution in [2.45, 2.75) is 37.5 Å². The molecule has 1 atom stereocenters. The van der Waals surface area contributed by atoms with Crippen LogP contribution in [0.25, 0.3) is 0 Å². The van der Waals surface area contributed by atoms with Gasteiger partial charge in [-0.1, -0.05) is 18.7 Å². The molecule has 2 rings (SSSR count). The van der Waals surface area contributed by atoms with Crippen LogP contribution in [0.15, 0.2) is 4.99 Å². The highest BCUT2D eigenvalue weighted by atomic mass is 32.2. The van der Waals surface area contributed by atoms with Crippen LogP contribution >= 0.6 is 11.8 Å². The van der Waals surface area contributed by atoms with Crippen molar-refractivity contribution in [2.24, 2.45) is 4.99 Å². The number of amidine groups is 1. The lowest BCUT2D eigenvalue weighted by molar-refractivity contribution is 0.522. The third-order valence-electron chi connectivity index (χ3n) is 3.05. The van der Waals surface area contributed by atoms with Gasteiger partial charge >= 0.3 is 0 Å². The Bertz CT molecular complexity index is 364. The van der Waals surface area contributed by atoms with E-state index in [9.17, 15) is 8.42 Å². The quantitative estimate of drug-likeness (QED) is 0.807. The summed E-state index contributed by atoms with van der Waals surface area (Å²) in [7, 11) is -2.75. The number of nitrogens with one attached hydrogen (secondary N) is 1. The van der Waals surface area contributed by atoms with Crippen molar-refractivity contribution < 1.29 is 8.42 Å². The number of sulfone groups is 1. The molecule has 0 amide bonds. The van der Waals surface area contributed by atoms with E-state index in [0.29, 0.717) is 22.8 Å². The van der Waals surface area contributed by atoms with Crippen molar-refractivity contribution in [3.63, 3.8) is 0 Å². The Balaban J connectivity index is 1.80. The van der Waals surface area contributed by atoms with Gasteiger partial charge in [-0.25, -0.2) is 8.42 Å². The first-order valence-corrected chi connectivity index (χ1v) is 8.47. The van der Waals surface area contributed by atoms with Crippen molar-refractivity contribution in [3.8, 4) is 0 Å². The number of aliphatic imine (C=N–C) groups is 1. The third kappa shape index (κ3) is 3.13. The minimum absolute atomic E-state index is 0.297. The molecule has 2 aliphatic rings. The summed E-state index contributed by atoms with van der Waals surface area (Å²) >= 11 is 1.79. The van der Waals surface area contributed by atoms with E-state index in [2.05, 4.69) is 17.2 Å². The predicted molar refractivity (Wildman–Crippen MR) is 68.8 cm³/mol. The Labute approximate surface area is 101 Å². The topological polar surface area (TPSA) is 58.5 Å². The van der Waals surface area contributed by atoms with Crippen LogP contribution in [-0.2, 0) is 9.84 Å². The van der Waals surface area contributed by atoms with Crippen molar-refractivity contribution in [1.82, 2.24) is 5.32 Å². The summed E-state index contributed by atoms with van der Waals surface area (Å²) in [6.45, 7) is 3.07. The average molecular weight is 262 g/mol. The monoisotopic (exact) mass is 262 g/mol. The van der Waals surface area contributed by atoms with E-state index in [1.165, 1.54) is 0 Å². The molecule has 0 aromatic rings. The standard InChI is InChI=1S/C10H18N2O2S2/c1-2-9-7-11-10(15-9)12-8-3-5-16(13,14)6-4-8/h8-9H,2-7H2,1H3,(H,11,12). The molecule has 0 radical (unpaired) electrons. The molecule has 0 bridgehead atoms. The smallest absolute Gasteiger partial charge is 0.157 e. The van der Waals surface area contributed by atoms with E-state index in [1.807, 2.05) is 0 Å². The van der Waals surface area contributed by atoms with Crippen LogP contribution in [0.3, 0.4) is 0 Å². The molecule has 1 saturated heterocycles. The summed E-state index contributed by atoms with van der Waals surface area (Å²) in [5, 5.41) is 4.99. The fraction of sp³-hybridized carbons (Fsp3) is 0.900. The molecule has 1 fully saturated rings. The highest BCUT2D eigenvalue weighted by molar-refractivity contribution is 8.14. The van der Waals surface area contributed by atoms with Crippen molar-refractivity contribution in [2.75, 3.05) is 18.1 Å². The molecular formula is C10H18N2O2S2. The number of hydrogen-bond acceptors (Lipinski definition) is 5. The minimum atomic E-state index is -2.75. The fourth-order valence-electron chi connectivity index (χ4n) is 1.92. The molecule has 0 aromatic carbocycles. The third-order valence-corrected chi connectivity index (χ3v) is 6.06. The molecule has 0 aliphatic carbocycles. The van der Waals surface area contributed by atoms with Gasteiger partial charge in [-0.3, -0.25) is 4.99 Å². The van der Waals surface area contributed by atoms with Crippen LogP contribution in [0.4, 0.5) is 0 Å². The predicted octanol–water partition coefficient (Wildman–Crippen LogP) is 1.03. The summed E-state index contributed by atoms with van der Waals surface area (Å²) in [6, 6.07) is 0.297. The normalized spacial score (nSPS) is 30.1. The first kappa shape index (κ1) is 12.2. The van der Waals surface area contributed by atoms with Crippen LogP contribution < -0.4 is 5.32 Å². The molecule has 1 unspecified atom stereocenters. The van der Waals surface area contributed by atoms with E-state index < -0.39 is 9.84 Å². The zero-order chi connectivity index (χ0) is 11.6. The summed E-state index contributed by atoms with van der Waals surface area (Å²) < 4.78 is 22.5. The van der Waals surface area contributed by atoms with Gasteiger partial charge in [0.05, 0.1) is 18.1 Å². The van der Waals surface area contributed by atoms with Crippen LogP contribution in [0, 0.1) is 0 Å². The van der Waals surface area contributed by atoms with Gasteiger partial charge in [0.2, 0.25) is 0 Å². The second-order valence-corrected chi connectivity index (χ2v) is 7.96. The van der Waals surface area contributed by atoms with E-state index in [1.54, 1.807) is 11.8 Å². The van der Waals surface area contributed by atoms with Gasteiger partial charge in [0.1, 0.15) is 9.84 Å². The fourth-order valence-corrected chi connectivity index (χ4v) is 4.42. The van der Waals surface area contributed by atoms with Crippen molar-refractivity contribution in [1.29, 1.82) is 0 Å². The zero-order valence-corrected chi connectivity index (χ0v) is 11.1. The van der Waals surface area contributed by atoms with Gasteiger partial charge in [-0.15, -0.1) is 0 Å². The SMILES string of the molecule is CCC1CN=C(NC2CCS(=O)(=O)CC2)S1. The van der Waals surface area contributed by atoms with E-state index in [4.69, 9.17) is 0 Å². The maximum atomic E-state index is 11.3. The Kier molecular flexibility index (Phi) is 3.79. The van der Waals surface area contributed by atoms with Gasteiger partial charge in [-0.2, -0.15) is 0 Å². The Morgan fingerprint density at radius 1 is 1.44 bits per heavy atom. The molecule has 2 heterocycles. The van der Waals surface area contributed by atoms with Gasteiger partial charge in [-0.05, 0) is 19.3 Å². The lowest BCUT2D eigenvalue weighted by atomic mass is 10.2. The molecule has 0 saturated carbocycles. The second kappa shape index (κ2) is 4.96. The Hall–Kier alpha value is -0.230. The van der Waals surface area contributed by atoms with Gasteiger partial charge in [0.25, 0.3) is 0 Å². The number of thioether (sulfide) groups is 1. The first-order valence-electron chi connectivity index (χ1n) is 5.77.